The van der Waals surface area contributed by atoms with Crippen molar-refractivity contribution in [2.24, 2.45) is 5.92 Å². The van der Waals surface area contributed by atoms with Gasteiger partial charge in [-0.2, -0.15) is 0 Å². The average molecular weight is 480 g/mol. The molecule has 1 fully saturated rings. The molecule has 3 amide bonds. The summed E-state index contributed by atoms with van der Waals surface area (Å²) in [5.41, 5.74) is 2.76. The number of hydrogen-bond donors (Lipinski definition) is 2. The minimum atomic E-state index is -0.661. The highest BCUT2D eigenvalue weighted by molar-refractivity contribution is 8.01. The van der Waals surface area contributed by atoms with Crippen molar-refractivity contribution < 1.29 is 14.4 Å². The molecule has 0 saturated carbocycles. The first-order valence-electron chi connectivity index (χ1n) is 12.0. The molecule has 34 heavy (non-hydrogen) atoms. The average Bonchev–Trinajstić information content (AvgIpc) is 3.26. The second-order valence-electron chi connectivity index (χ2n) is 9.67. The maximum Gasteiger partial charge on any atom is 0.256 e. The number of fused-ring (bicyclic) bond motifs is 3. The number of benzene rings is 2. The van der Waals surface area contributed by atoms with Gasteiger partial charge in [0.2, 0.25) is 11.8 Å². The molecule has 2 aromatic carbocycles. The number of carbonyl (C=O) groups excluding carboxylic acids is 3. The minimum absolute atomic E-state index is 0.0416. The number of hydrogen-bond acceptors (Lipinski definition) is 4. The highest BCUT2D eigenvalue weighted by Crippen LogP contribution is 2.56. The maximum atomic E-state index is 13.6. The zero-order valence-corrected chi connectivity index (χ0v) is 21.0. The molecular formula is C27H33N3O3S. The Hall–Kier alpha value is -2.80. The molecule has 0 bridgehead atoms. The summed E-state index contributed by atoms with van der Waals surface area (Å²) >= 11 is 1.63. The molecular weight excluding hydrogens is 446 g/mol. The van der Waals surface area contributed by atoms with Crippen LogP contribution < -0.4 is 10.6 Å². The number of rotatable bonds is 8. The van der Waals surface area contributed by atoms with E-state index in [4.69, 9.17) is 0 Å². The monoisotopic (exact) mass is 479 g/mol. The summed E-state index contributed by atoms with van der Waals surface area (Å²) in [7, 11) is 0. The third kappa shape index (κ3) is 4.58. The Labute approximate surface area is 205 Å². The molecule has 2 N–H and O–H groups in total. The van der Waals surface area contributed by atoms with Crippen molar-refractivity contribution >= 4 is 29.5 Å². The van der Waals surface area contributed by atoms with E-state index in [9.17, 15) is 14.4 Å². The Bertz CT molecular complexity index is 1070. The van der Waals surface area contributed by atoms with Crippen molar-refractivity contribution in [3.8, 4) is 0 Å². The Morgan fingerprint density at radius 3 is 2.47 bits per heavy atom. The van der Waals surface area contributed by atoms with Crippen molar-refractivity contribution in [2.45, 2.75) is 62.7 Å². The Kier molecular flexibility index (Phi) is 7.03. The molecule has 0 aliphatic carbocycles. The van der Waals surface area contributed by atoms with Gasteiger partial charge in [-0.25, -0.2) is 0 Å². The molecule has 4 atom stereocenters. The zero-order valence-electron chi connectivity index (χ0n) is 20.2. The van der Waals surface area contributed by atoms with E-state index in [0.29, 0.717) is 12.1 Å². The van der Waals surface area contributed by atoms with Crippen LogP contribution in [0, 0.1) is 5.92 Å². The predicted octanol–water partition coefficient (Wildman–Crippen LogP) is 3.92. The molecule has 0 radical (unpaired) electrons. The lowest BCUT2D eigenvalue weighted by atomic mass is 9.95. The summed E-state index contributed by atoms with van der Waals surface area (Å²) in [6.45, 7) is 8.46. The first kappa shape index (κ1) is 24.3. The normalized spacial score (nSPS) is 22.0. The van der Waals surface area contributed by atoms with Crippen LogP contribution in [-0.4, -0.2) is 46.0 Å². The van der Waals surface area contributed by atoms with Crippen molar-refractivity contribution in [2.75, 3.05) is 6.54 Å². The minimum Gasteiger partial charge on any atom is -0.354 e. The summed E-state index contributed by atoms with van der Waals surface area (Å²) in [6.07, 6.45) is 1.47. The second-order valence-corrected chi connectivity index (χ2v) is 11.4. The van der Waals surface area contributed by atoms with Crippen LogP contribution in [0.2, 0.25) is 0 Å². The molecule has 7 heteroatoms. The molecule has 2 aromatic rings. The summed E-state index contributed by atoms with van der Waals surface area (Å²) in [6, 6.07) is 16.2. The van der Waals surface area contributed by atoms with Gasteiger partial charge in [0.1, 0.15) is 17.5 Å². The van der Waals surface area contributed by atoms with Crippen LogP contribution in [0.3, 0.4) is 0 Å². The molecule has 180 valence electrons. The fraction of sp³-hybridized carbons (Fsp3) is 0.444. The smallest absolute Gasteiger partial charge is 0.256 e. The second kappa shape index (κ2) is 9.82. The molecule has 0 spiro atoms. The van der Waals surface area contributed by atoms with Gasteiger partial charge in [-0.05, 0) is 43.4 Å². The lowest BCUT2D eigenvalue weighted by Gasteiger charge is -2.32. The van der Waals surface area contributed by atoms with Crippen LogP contribution >= 0.6 is 11.8 Å². The van der Waals surface area contributed by atoms with Crippen molar-refractivity contribution in [3.05, 3.63) is 71.3 Å². The Balaban J connectivity index is 1.48. The maximum absolute atomic E-state index is 13.6. The van der Waals surface area contributed by atoms with Crippen molar-refractivity contribution in [3.63, 3.8) is 0 Å². The van der Waals surface area contributed by atoms with E-state index in [1.165, 1.54) is 0 Å². The van der Waals surface area contributed by atoms with Gasteiger partial charge < -0.3 is 15.5 Å². The van der Waals surface area contributed by atoms with E-state index in [2.05, 4.69) is 10.6 Å². The Morgan fingerprint density at radius 2 is 1.76 bits per heavy atom. The first-order chi connectivity index (χ1) is 16.2. The number of nitrogens with zero attached hydrogens (tertiary/aromatic N) is 1. The quantitative estimate of drug-likeness (QED) is 0.602. The van der Waals surface area contributed by atoms with Gasteiger partial charge >= 0.3 is 0 Å². The van der Waals surface area contributed by atoms with Gasteiger partial charge in [0.25, 0.3) is 5.91 Å². The first-order valence-corrected chi connectivity index (χ1v) is 12.8. The highest BCUT2D eigenvalue weighted by atomic mass is 32.2. The van der Waals surface area contributed by atoms with E-state index >= 15 is 0 Å². The van der Waals surface area contributed by atoms with Gasteiger partial charge in [0.05, 0.1) is 0 Å². The van der Waals surface area contributed by atoms with Gasteiger partial charge in [-0.1, -0.05) is 68.8 Å². The molecule has 4 rings (SSSR count). The van der Waals surface area contributed by atoms with E-state index in [-0.39, 0.29) is 29.0 Å². The topological polar surface area (TPSA) is 78.5 Å². The SMILES string of the molecule is CC[C@@H](C)[C@H](NC(=O)[C@H]1N2C(=O)c3ccccc3[C@@H]2SC1(C)C)C(=O)NCCc1ccccc1. The largest absolute Gasteiger partial charge is 0.354 e. The third-order valence-corrected chi connectivity index (χ3v) is 8.43. The van der Waals surface area contributed by atoms with Crippen LogP contribution in [0.15, 0.2) is 54.6 Å². The van der Waals surface area contributed by atoms with Gasteiger partial charge in [-0.15, -0.1) is 11.8 Å². The molecule has 2 aliphatic rings. The molecule has 1 saturated heterocycles. The van der Waals surface area contributed by atoms with Crippen molar-refractivity contribution in [1.82, 2.24) is 15.5 Å². The zero-order chi connectivity index (χ0) is 24.5. The molecule has 2 heterocycles. The van der Waals surface area contributed by atoms with Crippen LogP contribution in [0.4, 0.5) is 0 Å². The van der Waals surface area contributed by atoms with E-state index in [1.807, 2.05) is 82.3 Å². The Morgan fingerprint density at radius 1 is 1.09 bits per heavy atom. The fourth-order valence-corrected chi connectivity index (χ4v) is 6.41. The van der Waals surface area contributed by atoms with Crippen LogP contribution in [0.1, 0.15) is 61.0 Å². The number of nitrogens with one attached hydrogen (secondary N) is 2. The highest BCUT2D eigenvalue weighted by Gasteiger charge is 2.57. The lowest BCUT2D eigenvalue weighted by Crippen LogP contribution is -2.58. The summed E-state index contributed by atoms with van der Waals surface area (Å²) in [4.78, 5) is 41.7. The van der Waals surface area contributed by atoms with Gasteiger partial charge in [-0.3, -0.25) is 14.4 Å². The van der Waals surface area contributed by atoms with Crippen LogP contribution in [-0.2, 0) is 16.0 Å². The fourth-order valence-electron chi connectivity index (χ4n) is 4.82. The van der Waals surface area contributed by atoms with E-state index < -0.39 is 16.8 Å². The predicted molar refractivity (Wildman–Crippen MR) is 135 cm³/mol. The standard InChI is InChI=1S/C27H33N3O3S/c1-5-17(2)21(23(31)28-16-15-18-11-7-6-8-12-18)29-24(32)22-27(3,4)34-26-20-14-10-9-13-19(20)25(33)30(22)26/h6-14,17,21-22,26H,5,15-16H2,1-4H3,(H,28,31)(H,29,32)/t17-,21+,22-,26+/m1/s1. The molecule has 0 unspecified atom stereocenters. The van der Waals surface area contributed by atoms with E-state index in [1.54, 1.807) is 16.7 Å². The summed E-state index contributed by atoms with van der Waals surface area (Å²) in [5.74, 6) is -0.620. The summed E-state index contributed by atoms with van der Waals surface area (Å²) in [5, 5.41) is 5.82. The molecule has 2 aliphatic heterocycles. The summed E-state index contributed by atoms with van der Waals surface area (Å²) < 4.78 is -0.484. The van der Waals surface area contributed by atoms with Crippen LogP contribution in [0.25, 0.3) is 0 Å². The van der Waals surface area contributed by atoms with Gasteiger partial charge in [0, 0.05) is 16.9 Å². The molecule has 0 aromatic heterocycles. The number of thioether (sulfide) groups is 1. The third-order valence-electron chi connectivity index (χ3n) is 6.89. The molecule has 6 nitrogen and oxygen atoms in total. The number of carbonyl (C=O) groups is 3. The lowest BCUT2D eigenvalue weighted by molar-refractivity contribution is -0.132. The van der Waals surface area contributed by atoms with Gasteiger partial charge in [0.15, 0.2) is 0 Å². The van der Waals surface area contributed by atoms with E-state index in [0.717, 1.165) is 24.0 Å². The van der Waals surface area contributed by atoms with Crippen molar-refractivity contribution in [1.29, 1.82) is 0 Å². The number of amides is 3. The van der Waals surface area contributed by atoms with Crippen LogP contribution in [0.5, 0.6) is 0 Å².